The number of amides is 1. The molecule has 2 aromatic rings. The number of halogens is 1. The van der Waals surface area contributed by atoms with E-state index in [2.05, 4.69) is 5.32 Å². The number of ether oxygens (including phenoxy) is 3. The maximum atomic E-state index is 12.3. The van der Waals surface area contributed by atoms with Crippen LogP contribution in [-0.2, 0) is 11.3 Å². The van der Waals surface area contributed by atoms with Gasteiger partial charge in [0.1, 0.15) is 5.75 Å². The molecular formula is C20H24ClNO4. The summed E-state index contributed by atoms with van der Waals surface area (Å²) in [6, 6.07) is 12.6. The Morgan fingerprint density at radius 3 is 2.50 bits per heavy atom. The number of hydrogen-bond donors (Lipinski definition) is 1. The van der Waals surface area contributed by atoms with Gasteiger partial charge in [-0.25, -0.2) is 0 Å². The lowest BCUT2D eigenvalue weighted by molar-refractivity contribution is -0.127. The second-order valence-electron chi connectivity index (χ2n) is 5.58. The van der Waals surface area contributed by atoms with Gasteiger partial charge >= 0.3 is 0 Å². The molecule has 26 heavy (non-hydrogen) atoms. The van der Waals surface area contributed by atoms with Crippen LogP contribution >= 0.6 is 11.6 Å². The Morgan fingerprint density at radius 1 is 1.08 bits per heavy atom. The van der Waals surface area contributed by atoms with Crippen LogP contribution in [0.4, 0.5) is 0 Å². The highest BCUT2D eigenvalue weighted by Crippen LogP contribution is 2.28. The van der Waals surface area contributed by atoms with Crippen molar-refractivity contribution < 1.29 is 19.0 Å². The maximum Gasteiger partial charge on any atom is 0.261 e. The van der Waals surface area contributed by atoms with Crippen molar-refractivity contribution in [2.24, 2.45) is 0 Å². The Morgan fingerprint density at radius 2 is 1.81 bits per heavy atom. The molecule has 1 unspecified atom stereocenters. The topological polar surface area (TPSA) is 56.8 Å². The predicted octanol–water partition coefficient (Wildman–Crippen LogP) is 4.22. The number of nitrogens with one attached hydrogen (secondary N) is 1. The van der Waals surface area contributed by atoms with Crippen molar-refractivity contribution in [3.8, 4) is 17.2 Å². The predicted molar refractivity (Wildman–Crippen MR) is 102 cm³/mol. The van der Waals surface area contributed by atoms with E-state index in [0.29, 0.717) is 42.0 Å². The number of carbonyl (C=O) groups excluding carboxylic acids is 1. The van der Waals surface area contributed by atoms with Gasteiger partial charge in [0.25, 0.3) is 5.91 Å². The van der Waals surface area contributed by atoms with Gasteiger partial charge in [0.05, 0.1) is 13.2 Å². The lowest BCUT2D eigenvalue weighted by atomic mass is 10.2. The second kappa shape index (κ2) is 9.92. The zero-order valence-electron chi connectivity index (χ0n) is 15.3. The molecule has 0 aliphatic carbocycles. The van der Waals surface area contributed by atoms with E-state index < -0.39 is 6.10 Å². The van der Waals surface area contributed by atoms with Crippen molar-refractivity contribution in [2.75, 3.05) is 13.2 Å². The van der Waals surface area contributed by atoms with Gasteiger partial charge in [-0.1, -0.05) is 23.7 Å². The fourth-order valence-electron chi connectivity index (χ4n) is 2.34. The first kappa shape index (κ1) is 19.9. The van der Waals surface area contributed by atoms with E-state index in [9.17, 15) is 4.79 Å². The quantitative estimate of drug-likeness (QED) is 0.710. The first-order valence-electron chi connectivity index (χ1n) is 8.62. The van der Waals surface area contributed by atoms with Gasteiger partial charge in [-0.3, -0.25) is 4.79 Å². The minimum Gasteiger partial charge on any atom is -0.490 e. The van der Waals surface area contributed by atoms with Gasteiger partial charge in [-0.2, -0.15) is 0 Å². The van der Waals surface area contributed by atoms with Crippen molar-refractivity contribution in [1.29, 1.82) is 0 Å². The third kappa shape index (κ3) is 5.85. The fourth-order valence-corrected chi connectivity index (χ4v) is 2.52. The summed E-state index contributed by atoms with van der Waals surface area (Å²) in [6.07, 6.45) is -0.637. The van der Waals surface area contributed by atoms with Crippen LogP contribution in [0.2, 0.25) is 5.02 Å². The molecule has 0 heterocycles. The minimum atomic E-state index is -0.637. The summed E-state index contributed by atoms with van der Waals surface area (Å²) in [5.41, 5.74) is 0.917. The summed E-state index contributed by atoms with van der Waals surface area (Å²) in [5, 5.41) is 3.42. The number of rotatable bonds is 9. The van der Waals surface area contributed by atoms with Crippen LogP contribution in [0.5, 0.6) is 17.2 Å². The summed E-state index contributed by atoms with van der Waals surface area (Å²) in [6.45, 7) is 7.01. The van der Waals surface area contributed by atoms with Crippen LogP contribution < -0.4 is 19.5 Å². The maximum absolute atomic E-state index is 12.3. The van der Waals surface area contributed by atoms with Gasteiger partial charge in [-0.05, 0) is 56.7 Å². The third-order valence-electron chi connectivity index (χ3n) is 3.55. The molecule has 0 radical (unpaired) electrons. The van der Waals surface area contributed by atoms with Gasteiger partial charge in [0, 0.05) is 11.6 Å². The van der Waals surface area contributed by atoms with Crippen LogP contribution in [0.1, 0.15) is 26.3 Å². The molecule has 2 aromatic carbocycles. The Balaban J connectivity index is 1.94. The number of hydrogen-bond acceptors (Lipinski definition) is 4. The summed E-state index contributed by atoms with van der Waals surface area (Å²) < 4.78 is 16.8. The molecular weight excluding hydrogens is 354 g/mol. The van der Waals surface area contributed by atoms with E-state index in [0.717, 1.165) is 5.56 Å². The average Bonchev–Trinajstić information content (AvgIpc) is 2.62. The zero-order chi connectivity index (χ0) is 18.9. The van der Waals surface area contributed by atoms with Gasteiger partial charge in [0.2, 0.25) is 0 Å². The fraction of sp³-hybridized carbons (Fsp3) is 0.350. The van der Waals surface area contributed by atoms with E-state index >= 15 is 0 Å². The van der Waals surface area contributed by atoms with Crippen LogP contribution in [-0.4, -0.2) is 25.2 Å². The zero-order valence-corrected chi connectivity index (χ0v) is 16.0. The molecule has 0 aliphatic heterocycles. The molecule has 0 spiro atoms. The third-order valence-corrected chi connectivity index (χ3v) is 3.79. The minimum absolute atomic E-state index is 0.211. The molecule has 0 saturated heterocycles. The molecule has 5 nitrogen and oxygen atoms in total. The van der Waals surface area contributed by atoms with Crippen LogP contribution in [0, 0.1) is 0 Å². The Bertz CT molecular complexity index is 736. The standard InChI is InChI=1S/C20H24ClNO4/c1-4-24-18-10-9-15(11-19(18)25-5-2)13-22-20(23)14(3)26-17-8-6-7-16(21)12-17/h6-12,14H,4-5,13H2,1-3H3,(H,22,23). The van der Waals surface area contributed by atoms with E-state index in [1.54, 1.807) is 31.2 Å². The van der Waals surface area contributed by atoms with E-state index in [1.807, 2.05) is 32.0 Å². The van der Waals surface area contributed by atoms with Crippen molar-refractivity contribution in [3.05, 3.63) is 53.1 Å². The van der Waals surface area contributed by atoms with Crippen molar-refractivity contribution in [1.82, 2.24) is 5.32 Å². The smallest absolute Gasteiger partial charge is 0.261 e. The van der Waals surface area contributed by atoms with Crippen LogP contribution in [0.25, 0.3) is 0 Å². The molecule has 1 atom stereocenters. The van der Waals surface area contributed by atoms with Gasteiger partial charge in [0.15, 0.2) is 17.6 Å². The lowest BCUT2D eigenvalue weighted by Crippen LogP contribution is -2.35. The van der Waals surface area contributed by atoms with Crippen molar-refractivity contribution in [2.45, 2.75) is 33.4 Å². The summed E-state index contributed by atoms with van der Waals surface area (Å²) in [5.74, 6) is 1.71. The van der Waals surface area contributed by atoms with E-state index in [4.69, 9.17) is 25.8 Å². The second-order valence-corrected chi connectivity index (χ2v) is 6.02. The Kier molecular flexibility index (Phi) is 7.60. The Labute approximate surface area is 159 Å². The Hall–Kier alpha value is -2.40. The average molecular weight is 378 g/mol. The van der Waals surface area contributed by atoms with Gasteiger partial charge < -0.3 is 19.5 Å². The van der Waals surface area contributed by atoms with E-state index in [1.165, 1.54) is 0 Å². The molecule has 140 valence electrons. The van der Waals surface area contributed by atoms with Gasteiger partial charge in [-0.15, -0.1) is 0 Å². The molecule has 0 aliphatic rings. The summed E-state index contributed by atoms with van der Waals surface area (Å²) >= 11 is 5.92. The largest absolute Gasteiger partial charge is 0.490 e. The summed E-state index contributed by atoms with van der Waals surface area (Å²) in [4.78, 5) is 12.3. The lowest BCUT2D eigenvalue weighted by Gasteiger charge is -2.16. The molecule has 0 aromatic heterocycles. The first-order chi connectivity index (χ1) is 12.5. The highest BCUT2D eigenvalue weighted by atomic mass is 35.5. The SMILES string of the molecule is CCOc1ccc(CNC(=O)C(C)Oc2cccc(Cl)c2)cc1OCC. The molecule has 2 rings (SSSR count). The number of benzene rings is 2. The normalized spacial score (nSPS) is 11.5. The molecule has 1 N–H and O–H groups in total. The van der Waals surface area contributed by atoms with Crippen LogP contribution in [0.15, 0.2) is 42.5 Å². The van der Waals surface area contributed by atoms with Crippen LogP contribution in [0.3, 0.4) is 0 Å². The molecule has 6 heteroatoms. The van der Waals surface area contributed by atoms with E-state index in [-0.39, 0.29) is 5.91 Å². The highest BCUT2D eigenvalue weighted by Gasteiger charge is 2.15. The monoisotopic (exact) mass is 377 g/mol. The molecule has 0 bridgehead atoms. The van der Waals surface area contributed by atoms with Crippen molar-refractivity contribution in [3.63, 3.8) is 0 Å². The summed E-state index contributed by atoms with van der Waals surface area (Å²) in [7, 11) is 0. The van der Waals surface area contributed by atoms with Crippen molar-refractivity contribution >= 4 is 17.5 Å². The molecule has 0 saturated carbocycles. The number of carbonyl (C=O) groups is 1. The highest BCUT2D eigenvalue weighted by molar-refractivity contribution is 6.30. The first-order valence-corrected chi connectivity index (χ1v) is 8.99. The molecule has 0 fully saturated rings. The molecule has 1 amide bonds.